The van der Waals surface area contributed by atoms with Crippen LogP contribution in [0.15, 0.2) is 72.9 Å². The molecule has 0 saturated heterocycles. The highest BCUT2D eigenvalue weighted by atomic mass is 16.5. The van der Waals surface area contributed by atoms with Gasteiger partial charge in [0.05, 0.1) is 22.3 Å². The van der Waals surface area contributed by atoms with Crippen molar-refractivity contribution in [2.24, 2.45) is 0 Å². The second kappa shape index (κ2) is 6.81. The summed E-state index contributed by atoms with van der Waals surface area (Å²) in [6.07, 6.45) is 1.69. The molecule has 0 spiro atoms. The minimum Gasteiger partial charge on any atom is -0.457 e. The Balaban J connectivity index is 1.53. The van der Waals surface area contributed by atoms with Gasteiger partial charge in [-0.1, -0.05) is 12.1 Å². The molecule has 0 radical (unpaired) electrons. The second-order valence-corrected chi connectivity index (χ2v) is 7.35. The van der Waals surface area contributed by atoms with Crippen LogP contribution < -0.4 is 9.64 Å². The maximum absolute atomic E-state index is 13.2. The maximum Gasteiger partial charge on any atom is 0.266 e. The average Bonchev–Trinajstić information content (AvgIpc) is 3.00. The smallest absolute Gasteiger partial charge is 0.266 e. The van der Waals surface area contributed by atoms with Gasteiger partial charge in [-0.3, -0.25) is 14.6 Å². The molecule has 0 fully saturated rings. The average molecular weight is 394 g/mol. The predicted octanol–water partition coefficient (Wildman–Crippen LogP) is 5.44. The summed E-state index contributed by atoms with van der Waals surface area (Å²) >= 11 is 0. The predicted molar refractivity (Wildman–Crippen MR) is 115 cm³/mol. The molecule has 2 heterocycles. The van der Waals surface area contributed by atoms with Crippen LogP contribution in [0, 0.1) is 13.8 Å². The molecule has 0 aliphatic carbocycles. The third-order valence-corrected chi connectivity index (χ3v) is 5.44. The van der Waals surface area contributed by atoms with E-state index in [4.69, 9.17) is 4.74 Å². The van der Waals surface area contributed by atoms with Crippen molar-refractivity contribution in [2.45, 2.75) is 13.8 Å². The Labute approximate surface area is 173 Å². The van der Waals surface area contributed by atoms with Crippen molar-refractivity contribution in [3.63, 3.8) is 0 Å². The van der Waals surface area contributed by atoms with Crippen LogP contribution in [-0.4, -0.2) is 16.8 Å². The van der Waals surface area contributed by atoms with E-state index in [1.54, 1.807) is 42.6 Å². The largest absolute Gasteiger partial charge is 0.457 e. The summed E-state index contributed by atoms with van der Waals surface area (Å²) in [7, 11) is 0. The zero-order valence-corrected chi connectivity index (χ0v) is 16.5. The summed E-state index contributed by atoms with van der Waals surface area (Å²) in [5.74, 6) is 0.493. The van der Waals surface area contributed by atoms with E-state index in [0.717, 1.165) is 16.5 Å². The molecule has 1 aliphatic rings. The zero-order chi connectivity index (χ0) is 20.8. The third kappa shape index (κ3) is 2.83. The highest BCUT2D eigenvalue weighted by Crippen LogP contribution is 2.35. The summed E-state index contributed by atoms with van der Waals surface area (Å²) in [6.45, 7) is 4.06. The number of aryl methyl sites for hydroxylation is 2. The first kappa shape index (κ1) is 18.1. The van der Waals surface area contributed by atoms with Crippen molar-refractivity contribution < 1.29 is 14.3 Å². The Bertz CT molecular complexity index is 1340. The number of ether oxygens (including phenoxy) is 1. The Morgan fingerprint density at radius 3 is 2.37 bits per heavy atom. The van der Waals surface area contributed by atoms with E-state index in [9.17, 15) is 9.59 Å². The number of anilines is 1. The number of amides is 2. The van der Waals surface area contributed by atoms with Gasteiger partial charge < -0.3 is 4.74 Å². The van der Waals surface area contributed by atoms with Crippen molar-refractivity contribution in [1.29, 1.82) is 0 Å². The van der Waals surface area contributed by atoms with Crippen molar-refractivity contribution >= 4 is 28.4 Å². The fraction of sp³-hybridized carbons (Fsp3) is 0.0800. The SMILES string of the molecule is Cc1ccc(Oc2ccc3c(c2)C(=O)N(c2cccc4ncccc24)C3=O)cc1C. The molecule has 0 bridgehead atoms. The summed E-state index contributed by atoms with van der Waals surface area (Å²) in [4.78, 5) is 31.8. The van der Waals surface area contributed by atoms with Gasteiger partial charge in [0.25, 0.3) is 11.8 Å². The Kier molecular flexibility index (Phi) is 4.10. The summed E-state index contributed by atoms with van der Waals surface area (Å²) in [6, 6.07) is 19.9. The molecule has 5 rings (SSSR count). The van der Waals surface area contributed by atoms with Crippen LogP contribution >= 0.6 is 0 Å². The van der Waals surface area contributed by atoms with E-state index in [2.05, 4.69) is 4.98 Å². The molecule has 0 N–H and O–H groups in total. The van der Waals surface area contributed by atoms with Gasteiger partial charge in [-0.05, 0) is 79.6 Å². The first-order valence-corrected chi connectivity index (χ1v) is 9.64. The molecule has 0 saturated carbocycles. The van der Waals surface area contributed by atoms with Crippen molar-refractivity contribution in [1.82, 2.24) is 4.98 Å². The summed E-state index contributed by atoms with van der Waals surface area (Å²) < 4.78 is 5.94. The molecule has 5 heteroatoms. The number of pyridine rings is 1. The number of carbonyl (C=O) groups excluding carboxylic acids is 2. The van der Waals surface area contributed by atoms with Gasteiger partial charge in [-0.15, -0.1) is 0 Å². The number of benzene rings is 3. The minimum atomic E-state index is -0.364. The second-order valence-electron chi connectivity index (χ2n) is 7.35. The van der Waals surface area contributed by atoms with Crippen molar-refractivity contribution in [3.8, 4) is 11.5 Å². The third-order valence-electron chi connectivity index (χ3n) is 5.44. The Morgan fingerprint density at radius 1 is 0.767 bits per heavy atom. The van der Waals surface area contributed by atoms with Crippen LogP contribution in [0.2, 0.25) is 0 Å². The van der Waals surface area contributed by atoms with Crippen LogP contribution in [0.5, 0.6) is 11.5 Å². The van der Waals surface area contributed by atoms with Gasteiger partial charge in [0.2, 0.25) is 0 Å². The fourth-order valence-electron chi connectivity index (χ4n) is 3.70. The number of rotatable bonds is 3. The lowest BCUT2D eigenvalue weighted by molar-refractivity contribution is 0.0926. The number of hydrogen-bond donors (Lipinski definition) is 0. The fourth-order valence-corrected chi connectivity index (χ4v) is 3.70. The van der Waals surface area contributed by atoms with Crippen LogP contribution in [0.4, 0.5) is 5.69 Å². The van der Waals surface area contributed by atoms with Gasteiger partial charge in [0.15, 0.2) is 0 Å². The Morgan fingerprint density at radius 2 is 1.53 bits per heavy atom. The molecule has 5 nitrogen and oxygen atoms in total. The van der Waals surface area contributed by atoms with Gasteiger partial charge in [0.1, 0.15) is 11.5 Å². The topological polar surface area (TPSA) is 59.5 Å². The van der Waals surface area contributed by atoms with E-state index in [-0.39, 0.29) is 11.8 Å². The van der Waals surface area contributed by atoms with Gasteiger partial charge in [-0.25, -0.2) is 4.90 Å². The van der Waals surface area contributed by atoms with Gasteiger partial charge in [-0.2, -0.15) is 0 Å². The molecule has 30 heavy (non-hydrogen) atoms. The quantitative estimate of drug-likeness (QED) is 0.434. The number of aromatic nitrogens is 1. The highest BCUT2D eigenvalue weighted by Gasteiger charge is 2.37. The van der Waals surface area contributed by atoms with Crippen LogP contribution in [-0.2, 0) is 0 Å². The van der Waals surface area contributed by atoms with E-state index in [1.165, 1.54) is 10.5 Å². The molecule has 2 amide bonds. The van der Waals surface area contributed by atoms with E-state index < -0.39 is 0 Å². The van der Waals surface area contributed by atoms with Crippen molar-refractivity contribution in [2.75, 3.05) is 4.90 Å². The number of hydrogen-bond acceptors (Lipinski definition) is 4. The van der Waals surface area contributed by atoms with E-state index in [0.29, 0.717) is 28.3 Å². The molecular formula is C25H18N2O3. The maximum atomic E-state index is 13.2. The van der Waals surface area contributed by atoms with Crippen molar-refractivity contribution in [3.05, 3.63) is 95.2 Å². The van der Waals surface area contributed by atoms with Crippen LogP contribution in [0.1, 0.15) is 31.8 Å². The van der Waals surface area contributed by atoms with E-state index in [1.807, 2.05) is 44.2 Å². The van der Waals surface area contributed by atoms with Gasteiger partial charge in [0, 0.05) is 11.6 Å². The Hall–Kier alpha value is -3.99. The molecule has 4 aromatic rings. The molecule has 1 aromatic heterocycles. The number of fused-ring (bicyclic) bond motifs is 2. The minimum absolute atomic E-state index is 0.335. The lowest BCUT2D eigenvalue weighted by atomic mass is 10.1. The van der Waals surface area contributed by atoms with Gasteiger partial charge >= 0.3 is 0 Å². The molecule has 1 aliphatic heterocycles. The lowest BCUT2D eigenvalue weighted by Crippen LogP contribution is -2.29. The van der Waals surface area contributed by atoms with Crippen LogP contribution in [0.25, 0.3) is 10.9 Å². The zero-order valence-electron chi connectivity index (χ0n) is 16.5. The highest BCUT2D eigenvalue weighted by molar-refractivity contribution is 6.36. The molecule has 0 unspecified atom stereocenters. The summed E-state index contributed by atoms with van der Waals surface area (Å²) in [5.41, 5.74) is 4.26. The molecule has 3 aromatic carbocycles. The molecule has 0 atom stereocenters. The van der Waals surface area contributed by atoms with Crippen LogP contribution in [0.3, 0.4) is 0 Å². The number of nitrogens with zero attached hydrogens (tertiary/aromatic N) is 2. The van der Waals surface area contributed by atoms with E-state index >= 15 is 0 Å². The monoisotopic (exact) mass is 394 g/mol. The standard InChI is InChI=1S/C25H18N2O3/c1-15-8-9-17(13-16(15)2)30-18-10-11-19-21(14-18)25(29)27(24(19)28)23-7-3-6-22-20(23)5-4-12-26-22/h3-14H,1-2H3. The summed E-state index contributed by atoms with van der Waals surface area (Å²) in [5, 5.41) is 0.751. The number of imide groups is 1. The number of carbonyl (C=O) groups is 2. The first-order chi connectivity index (χ1) is 14.5. The first-order valence-electron chi connectivity index (χ1n) is 9.64. The molecular weight excluding hydrogens is 376 g/mol. The lowest BCUT2D eigenvalue weighted by Gasteiger charge is -2.16. The molecule has 146 valence electrons. The normalized spacial score (nSPS) is 13.1.